The number of hydrogen-bond donors (Lipinski definition) is 2. The van der Waals surface area contributed by atoms with Crippen LogP contribution in [0.25, 0.3) is 0 Å². The number of anilines is 1. The van der Waals surface area contributed by atoms with Gasteiger partial charge in [-0.2, -0.15) is 0 Å². The van der Waals surface area contributed by atoms with Gasteiger partial charge in [-0.25, -0.2) is 22.0 Å². The van der Waals surface area contributed by atoms with Crippen LogP contribution in [0.15, 0.2) is 0 Å². The van der Waals surface area contributed by atoms with E-state index in [4.69, 9.17) is 12.2 Å². The molecule has 0 spiro atoms. The second-order valence-electron chi connectivity index (χ2n) is 5.97. The molecule has 1 aromatic rings. The molecule has 0 heterocycles. The first-order valence-electron chi connectivity index (χ1n) is 7.49. The highest BCUT2D eigenvalue weighted by Crippen LogP contribution is 2.27. The molecule has 24 heavy (non-hydrogen) atoms. The minimum Gasteiger partial charge on any atom is -0.358 e. The number of rotatable bonds is 3. The van der Waals surface area contributed by atoms with E-state index >= 15 is 0 Å². The van der Waals surface area contributed by atoms with Crippen LogP contribution >= 0.6 is 12.2 Å². The average Bonchev–Trinajstić information content (AvgIpc) is 2.55. The molecule has 0 unspecified atom stereocenters. The molecule has 0 amide bonds. The van der Waals surface area contributed by atoms with Crippen molar-refractivity contribution in [2.75, 3.05) is 19.4 Å². The largest absolute Gasteiger partial charge is 0.358 e. The fourth-order valence-electron chi connectivity index (χ4n) is 2.93. The zero-order valence-corrected chi connectivity index (χ0v) is 14.0. The van der Waals surface area contributed by atoms with E-state index in [2.05, 4.69) is 10.6 Å². The summed E-state index contributed by atoms with van der Waals surface area (Å²) < 4.78 is 66.8. The molecule has 2 N–H and O–H groups in total. The first-order chi connectivity index (χ1) is 11.2. The lowest BCUT2D eigenvalue weighted by Crippen LogP contribution is -2.52. The second-order valence-corrected chi connectivity index (χ2v) is 6.37. The summed E-state index contributed by atoms with van der Waals surface area (Å²) in [5.41, 5.74) is -1.15. The van der Waals surface area contributed by atoms with Crippen molar-refractivity contribution in [1.82, 2.24) is 10.2 Å². The molecule has 0 bridgehead atoms. The van der Waals surface area contributed by atoms with Crippen molar-refractivity contribution in [3.05, 3.63) is 29.1 Å². The fraction of sp³-hybridized carbons (Fsp3) is 0.533. The van der Waals surface area contributed by atoms with Gasteiger partial charge in [-0.15, -0.1) is 0 Å². The molecule has 2 atom stereocenters. The summed E-state index contributed by atoms with van der Waals surface area (Å²) in [4.78, 5) is 2.01. The highest BCUT2D eigenvalue weighted by atomic mass is 32.1. The third-order valence-electron chi connectivity index (χ3n) is 4.16. The molecule has 1 aliphatic carbocycles. The molecule has 0 radical (unpaired) electrons. The molecule has 3 nitrogen and oxygen atoms in total. The van der Waals surface area contributed by atoms with E-state index < -0.39 is 34.8 Å². The van der Waals surface area contributed by atoms with Crippen LogP contribution in [0, 0.1) is 29.1 Å². The van der Waals surface area contributed by atoms with Crippen LogP contribution in [0.2, 0.25) is 0 Å². The Labute approximate surface area is 142 Å². The van der Waals surface area contributed by atoms with Gasteiger partial charge in [0.25, 0.3) is 0 Å². The third kappa shape index (κ3) is 3.77. The Morgan fingerprint density at radius 1 is 0.917 bits per heavy atom. The quantitative estimate of drug-likeness (QED) is 0.370. The molecule has 1 fully saturated rings. The predicted octanol–water partition coefficient (Wildman–Crippen LogP) is 3.54. The number of nitrogens with one attached hydrogen (secondary N) is 2. The van der Waals surface area contributed by atoms with Crippen molar-refractivity contribution in [3.8, 4) is 0 Å². The van der Waals surface area contributed by atoms with Gasteiger partial charge in [0, 0.05) is 12.1 Å². The van der Waals surface area contributed by atoms with Gasteiger partial charge in [0.2, 0.25) is 5.82 Å². The standard InChI is InChI=1S/C15H18F5N3S/c1-23(2)8-6-4-3-5-7(8)21-15(24)22-14-12(19)10(17)9(16)11(18)13(14)20/h7-8H,3-6H2,1-2H3,(H2,21,22,24)/t7-,8-/m0/s1. The zero-order valence-electron chi connectivity index (χ0n) is 13.2. The van der Waals surface area contributed by atoms with E-state index in [1.807, 2.05) is 19.0 Å². The van der Waals surface area contributed by atoms with E-state index in [0.29, 0.717) is 0 Å². The zero-order chi connectivity index (χ0) is 18.0. The fourth-order valence-corrected chi connectivity index (χ4v) is 3.18. The lowest BCUT2D eigenvalue weighted by atomic mass is 9.90. The van der Waals surface area contributed by atoms with Gasteiger partial charge in [-0.05, 0) is 39.2 Å². The third-order valence-corrected chi connectivity index (χ3v) is 4.38. The molecular formula is C15H18F5N3S. The van der Waals surface area contributed by atoms with Crippen molar-refractivity contribution < 1.29 is 22.0 Å². The van der Waals surface area contributed by atoms with Crippen LogP contribution in [0.1, 0.15) is 25.7 Å². The van der Waals surface area contributed by atoms with Crippen molar-refractivity contribution in [3.63, 3.8) is 0 Å². The number of likely N-dealkylation sites (N-methyl/N-ethyl adjacent to an activating group) is 1. The number of thiocarbonyl (C=S) groups is 1. The molecule has 134 valence electrons. The minimum absolute atomic E-state index is 0.0741. The second kappa shape index (κ2) is 7.60. The molecule has 0 aromatic heterocycles. The predicted molar refractivity (Wildman–Crippen MR) is 85.3 cm³/mol. The van der Waals surface area contributed by atoms with E-state index in [0.717, 1.165) is 25.7 Å². The number of hydrogen-bond acceptors (Lipinski definition) is 2. The molecule has 0 aliphatic heterocycles. The number of nitrogens with zero attached hydrogens (tertiary/aromatic N) is 1. The normalized spacial score (nSPS) is 21.0. The van der Waals surface area contributed by atoms with Crippen LogP contribution in [-0.2, 0) is 0 Å². The SMILES string of the molecule is CN(C)[C@H]1CCCC[C@@H]1NC(=S)Nc1c(F)c(F)c(F)c(F)c1F. The summed E-state index contributed by atoms with van der Waals surface area (Å²) in [6.45, 7) is 0. The van der Waals surface area contributed by atoms with Crippen LogP contribution < -0.4 is 10.6 Å². The van der Waals surface area contributed by atoms with Gasteiger partial charge in [0.1, 0.15) is 5.69 Å². The monoisotopic (exact) mass is 367 g/mol. The topological polar surface area (TPSA) is 27.3 Å². The van der Waals surface area contributed by atoms with E-state index in [1.165, 1.54) is 0 Å². The Kier molecular flexibility index (Phi) is 5.97. The maximum atomic E-state index is 13.7. The highest BCUT2D eigenvalue weighted by molar-refractivity contribution is 7.80. The van der Waals surface area contributed by atoms with Gasteiger partial charge in [-0.3, -0.25) is 0 Å². The highest BCUT2D eigenvalue weighted by Gasteiger charge is 2.29. The first-order valence-corrected chi connectivity index (χ1v) is 7.90. The van der Waals surface area contributed by atoms with Gasteiger partial charge < -0.3 is 15.5 Å². The van der Waals surface area contributed by atoms with Gasteiger partial charge in [0.05, 0.1) is 0 Å². The molecule has 9 heteroatoms. The van der Waals surface area contributed by atoms with E-state index in [9.17, 15) is 22.0 Å². The Bertz CT molecular complexity index is 609. The lowest BCUT2D eigenvalue weighted by Gasteiger charge is -2.37. The molecule has 0 saturated heterocycles. The van der Waals surface area contributed by atoms with E-state index in [1.54, 1.807) is 0 Å². The maximum Gasteiger partial charge on any atom is 0.200 e. The van der Waals surface area contributed by atoms with Crippen molar-refractivity contribution in [1.29, 1.82) is 0 Å². The summed E-state index contributed by atoms with van der Waals surface area (Å²) in [5.74, 6) is -10.1. The average molecular weight is 367 g/mol. The van der Waals surface area contributed by atoms with Crippen molar-refractivity contribution >= 4 is 23.0 Å². The molecule has 1 aliphatic rings. The summed E-state index contributed by atoms with van der Waals surface area (Å²) in [6, 6.07) is 0.0879. The number of benzene rings is 1. The van der Waals surface area contributed by atoms with Crippen LogP contribution in [-0.4, -0.2) is 36.2 Å². The molecule has 2 rings (SSSR count). The Morgan fingerprint density at radius 3 is 1.96 bits per heavy atom. The lowest BCUT2D eigenvalue weighted by molar-refractivity contribution is 0.190. The molecule has 1 aromatic carbocycles. The summed E-state index contributed by atoms with van der Waals surface area (Å²) >= 11 is 4.98. The summed E-state index contributed by atoms with van der Waals surface area (Å²) in [7, 11) is 3.82. The summed E-state index contributed by atoms with van der Waals surface area (Å²) in [6.07, 6.45) is 3.74. The van der Waals surface area contributed by atoms with Crippen LogP contribution in [0.3, 0.4) is 0 Å². The van der Waals surface area contributed by atoms with Gasteiger partial charge in [-0.1, -0.05) is 12.8 Å². The van der Waals surface area contributed by atoms with Crippen molar-refractivity contribution in [2.45, 2.75) is 37.8 Å². The Balaban J connectivity index is 2.15. The Morgan fingerprint density at radius 2 is 1.42 bits per heavy atom. The first kappa shape index (κ1) is 18.9. The minimum atomic E-state index is -2.20. The summed E-state index contributed by atoms with van der Waals surface area (Å²) in [5, 5.41) is 4.83. The van der Waals surface area contributed by atoms with Crippen LogP contribution in [0.4, 0.5) is 27.6 Å². The Hall–Kier alpha value is -1.48. The van der Waals surface area contributed by atoms with Crippen molar-refractivity contribution in [2.24, 2.45) is 0 Å². The number of halogens is 5. The molecule has 1 saturated carbocycles. The van der Waals surface area contributed by atoms with Crippen LogP contribution in [0.5, 0.6) is 0 Å². The van der Waals surface area contributed by atoms with Gasteiger partial charge in [0.15, 0.2) is 28.4 Å². The maximum absolute atomic E-state index is 13.7. The van der Waals surface area contributed by atoms with E-state index in [-0.39, 0.29) is 17.2 Å². The molecular weight excluding hydrogens is 349 g/mol. The van der Waals surface area contributed by atoms with Gasteiger partial charge >= 0.3 is 0 Å². The smallest absolute Gasteiger partial charge is 0.200 e.